The molecule has 1 heterocycles. The summed E-state index contributed by atoms with van der Waals surface area (Å²) in [5, 5.41) is 3.10. The van der Waals surface area contributed by atoms with Crippen molar-refractivity contribution < 1.29 is 22.7 Å². The molecule has 1 amide bonds. The summed E-state index contributed by atoms with van der Waals surface area (Å²) in [4.78, 5) is 13.5. The monoisotopic (exact) mass is 480 g/mol. The average Bonchev–Trinajstić information content (AvgIpc) is 3.39. The van der Waals surface area contributed by atoms with Crippen LogP contribution >= 0.6 is 0 Å². The van der Waals surface area contributed by atoms with Gasteiger partial charge < -0.3 is 14.8 Å². The van der Waals surface area contributed by atoms with Crippen molar-refractivity contribution in [1.29, 1.82) is 0 Å². The Balaban J connectivity index is 1.61. The van der Waals surface area contributed by atoms with E-state index in [9.17, 15) is 13.2 Å². The van der Waals surface area contributed by atoms with Crippen LogP contribution in [0.3, 0.4) is 0 Å². The molecule has 1 saturated heterocycles. The number of rotatable bonds is 8. The predicted octanol–water partition coefficient (Wildman–Crippen LogP) is 3.76. The fourth-order valence-corrected chi connectivity index (χ4v) is 5.96. The van der Waals surface area contributed by atoms with Crippen LogP contribution in [-0.4, -0.2) is 45.4 Å². The van der Waals surface area contributed by atoms with Gasteiger partial charge in [-0.2, -0.15) is 4.31 Å². The highest BCUT2D eigenvalue weighted by atomic mass is 32.2. The summed E-state index contributed by atoms with van der Waals surface area (Å²) in [6, 6.07) is 22.6. The zero-order chi connectivity index (χ0) is 24.1. The van der Waals surface area contributed by atoms with Gasteiger partial charge in [0.15, 0.2) is 11.5 Å². The molecular weight excluding hydrogens is 452 g/mol. The van der Waals surface area contributed by atoms with E-state index in [1.807, 2.05) is 60.7 Å². The second kappa shape index (κ2) is 10.3. The summed E-state index contributed by atoms with van der Waals surface area (Å²) in [5.74, 6) is 0.432. The predicted molar refractivity (Wildman–Crippen MR) is 129 cm³/mol. The summed E-state index contributed by atoms with van der Waals surface area (Å²) in [6.45, 7) is 0.274. The number of nitrogens with zero attached hydrogens (tertiary/aromatic N) is 1. The SMILES string of the molecule is COc1ccc(S(=O)(=O)N2CCCC2C(=O)NC(c2ccccc2)c2ccccc2)cc1OC. The van der Waals surface area contributed by atoms with Crippen LogP contribution in [0.2, 0.25) is 0 Å². The van der Waals surface area contributed by atoms with E-state index in [0.29, 0.717) is 24.3 Å². The van der Waals surface area contributed by atoms with Crippen molar-refractivity contribution in [2.75, 3.05) is 20.8 Å². The van der Waals surface area contributed by atoms with Crippen molar-refractivity contribution in [3.8, 4) is 11.5 Å². The minimum Gasteiger partial charge on any atom is -0.493 e. The molecule has 7 nitrogen and oxygen atoms in total. The molecule has 0 saturated carbocycles. The largest absolute Gasteiger partial charge is 0.493 e. The molecule has 1 unspecified atom stereocenters. The first-order chi connectivity index (χ1) is 16.5. The summed E-state index contributed by atoms with van der Waals surface area (Å²) < 4.78 is 38.8. The number of hydrogen-bond donors (Lipinski definition) is 1. The number of benzene rings is 3. The molecule has 3 aromatic rings. The second-order valence-corrected chi connectivity index (χ2v) is 9.94. The molecule has 1 aliphatic rings. The Hall–Kier alpha value is -3.36. The van der Waals surface area contributed by atoms with Crippen LogP contribution in [0.4, 0.5) is 0 Å². The first kappa shape index (κ1) is 23.8. The minimum atomic E-state index is -3.92. The molecule has 0 aliphatic carbocycles. The van der Waals surface area contributed by atoms with Crippen LogP contribution in [0.1, 0.15) is 30.0 Å². The lowest BCUT2D eigenvalue weighted by Gasteiger charge is -2.27. The maximum atomic E-state index is 13.5. The molecule has 3 aromatic carbocycles. The lowest BCUT2D eigenvalue weighted by atomic mass is 9.98. The Bertz CT molecular complexity index is 1190. The molecule has 0 radical (unpaired) electrons. The van der Waals surface area contributed by atoms with E-state index in [1.165, 1.54) is 30.7 Å². The van der Waals surface area contributed by atoms with Gasteiger partial charge in [0.05, 0.1) is 25.2 Å². The lowest BCUT2D eigenvalue weighted by Crippen LogP contribution is -2.46. The third-order valence-corrected chi connectivity index (χ3v) is 7.92. The Morgan fingerprint density at radius 1 is 0.912 bits per heavy atom. The molecule has 0 bridgehead atoms. The van der Waals surface area contributed by atoms with Gasteiger partial charge in [-0.05, 0) is 36.1 Å². The summed E-state index contributed by atoms with van der Waals surface area (Å²) in [7, 11) is -0.978. The van der Waals surface area contributed by atoms with Gasteiger partial charge in [0.2, 0.25) is 15.9 Å². The molecule has 34 heavy (non-hydrogen) atoms. The molecule has 178 valence electrons. The number of carbonyl (C=O) groups is 1. The number of sulfonamides is 1. The maximum absolute atomic E-state index is 13.5. The molecule has 0 aromatic heterocycles. The van der Waals surface area contributed by atoms with Gasteiger partial charge >= 0.3 is 0 Å². The van der Waals surface area contributed by atoms with Crippen LogP contribution in [0, 0.1) is 0 Å². The van der Waals surface area contributed by atoms with E-state index in [2.05, 4.69) is 5.32 Å². The molecule has 1 fully saturated rings. The van der Waals surface area contributed by atoms with E-state index in [-0.39, 0.29) is 23.4 Å². The van der Waals surface area contributed by atoms with Crippen molar-refractivity contribution in [2.24, 2.45) is 0 Å². The highest BCUT2D eigenvalue weighted by Gasteiger charge is 2.40. The van der Waals surface area contributed by atoms with Gasteiger partial charge in [0.1, 0.15) is 6.04 Å². The summed E-state index contributed by atoms with van der Waals surface area (Å²) >= 11 is 0. The standard InChI is InChI=1S/C26H28N2O5S/c1-32-23-16-15-21(18-24(23)33-2)34(30,31)28-17-9-14-22(28)26(29)27-25(19-10-5-3-6-11-19)20-12-7-4-8-13-20/h3-8,10-13,15-16,18,22,25H,9,14,17H2,1-2H3,(H,27,29). The van der Waals surface area contributed by atoms with Gasteiger partial charge in [-0.25, -0.2) is 8.42 Å². The van der Waals surface area contributed by atoms with E-state index in [4.69, 9.17) is 9.47 Å². The van der Waals surface area contributed by atoms with Crippen molar-refractivity contribution in [3.63, 3.8) is 0 Å². The second-order valence-electron chi connectivity index (χ2n) is 8.05. The maximum Gasteiger partial charge on any atom is 0.243 e. The molecule has 1 atom stereocenters. The molecule has 1 aliphatic heterocycles. The Kier molecular flexibility index (Phi) is 7.19. The van der Waals surface area contributed by atoms with E-state index >= 15 is 0 Å². The molecule has 1 N–H and O–H groups in total. The average molecular weight is 481 g/mol. The Morgan fingerprint density at radius 3 is 2.06 bits per heavy atom. The van der Waals surface area contributed by atoms with Crippen molar-refractivity contribution in [2.45, 2.75) is 29.8 Å². The number of carbonyl (C=O) groups excluding carboxylic acids is 1. The zero-order valence-corrected chi connectivity index (χ0v) is 20.0. The van der Waals surface area contributed by atoms with E-state index in [0.717, 1.165) is 11.1 Å². The Labute approximate surface area is 200 Å². The number of ether oxygens (including phenoxy) is 2. The number of nitrogens with one attached hydrogen (secondary N) is 1. The van der Waals surface area contributed by atoms with Gasteiger partial charge in [-0.3, -0.25) is 4.79 Å². The highest BCUT2D eigenvalue weighted by Crippen LogP contribution is 2.33. The van der Waals surface area contributed by atoms with E-state index in [1.54, 1.807) is 6.07 Å². The molecular formula is C26H28N2O5S. The lowest BCUT2D eigenvalue weighted by molar-refractivity contribution is -0.124. The van der Waals surface area contributed by atoms with Crippen molar-refractivity contribution >= 4 is 15.9 Å². The van der Waals surface area contributed by atoms with Crippen LogP contribution in [0.5, 0.6) is 11.5 Å². The van der Waals surface area contributed by atoms with Crippen molar-refractivity contribution in [3.05, 3.63) is 90.0 Å². The van der Waals surface area contributed by atoms with Gasteiger partial charge in [0.25, 0.3) is 0 Å². The molecule has 4 rings (SSSR count). The van der Waals surface area contributed by atoms with Gasteiger partial charge in [-0.1, -0.05) is 60.7 Å². The quantitative estimate of drug-likeness (QED) is 0.531. The topological polar surface area (TPSA) is 84.9 Å². The van der Waals surface area contributed by atoms with Gasteiger partial charge in [-0.15, -0.1) is 0 Å². The third-order valence-electron chi connectivity index (χ3n) is 6.02. The summed E-state index contributed by atoms with van der Waals surface area (Å²) in [5.41, 5.74) is 1.85. The fourth-order valence-electron chi connectivity index (χ4n) is 4.29. The molecule has 8 heteroatoms. The van der Waals surface area contributed by atoms with Crippen LogP contribution in [0.15, 0.2) is 83.8 Å². The van der Waals surface area contributed by atoms with Crippen LogP contribution < -0.4 is 14.8 Å². The first-order valence-electron chi connectivity index (χ1n) is 11.1. The Morgan fingerprint density at radius 2 is 1.50 bits per heavy atom. The smallest absolute Gasteiger partial charge is 0.243 e. The van der Waals surface area contributed by atoms with E-state index < -0.39 is 16.1 Å². The minimum absolute atomic E-state index is 0.0625. The first-order valence-corrected chi connectivity index (χ1v) is 12.5. The van der Waals surface area contributed by atoms with Crippen LogP contribution in [-0.2, 0) is 14.8 Å². The summed E-state index contributed by atoms with van der Waals surface area (Å²) in [6.07, 6.45) is 1.06. The zero-order valence-electron chi connectivity index (χ0n) is 19.2. The molecule has 0 spiro atoms. The van der Waals surface area contributed by atoms with Crippen LogP contribution in [0.25, 0.3) is 0 Å². The number of amides is 1. The van der Waals surface area contributed by atoms with Crippen molar-refractivity contribution in [1.82, 2.24) is 9.62 Å². The number of hydrogen-bond acceptors (Lipinski definition) is 5. The van der Waals surface area contributed by atoms with Gasteiger partial charge in [0, 0.05) is 12.6 Å². The third kappa shape index (κ3) is 4.78. The normalized spacial score (nSPS) is 16.4. The number of methoxy groups -OCH3 is 2. The fraction of sp³-hybridized carbons (Fsp3) is 0.269. The highest BCUT2D eigenvalue weighted by molar-refractivity contribution is 7.89.